The van der Waals surface area contributed by atoms with Gasteiger partial charge < -0.3 is 14.4 Å². The summed E-state index contributed by atoms with van der Waals surface area (Å²) < 4.78 is 11.0. The summed E-state index contributed by atoms with van der Waals surface area (Å²) in [7, 11) is 2.08. The summed E-state index contributed by atoms with van der Waals surface area (Å²) in [5.41, 5.74) is 1.16. The number of hydrogen-bond acceptors (Lipinski definition) is 3. The Hall–Kier alpha value is -1.38. The first-order chi connectivity index (χ1) is 7.18. The quantitative estimate of drug-likeness (QED) is 0.742. The molecule has 0 aliphatic carbocycles. The van der Waals surface area contributed by atoms with Crippen LogP contribution in [0.15, 0.2) is 18.2 Å². The number of nitrogens with zero attached hydrogens (tertiary/aromatic N) is 1. The maximum Gasteiger partial charge on any atom is 0.163 e. The summed E-state index contributed by atoms with van der Waals surface area (Å²) in [6, 6.07) is 6.55. The van der Waals surface area contributed by atoms with Crippen LogP contribution >= 0.6 is 0 Å². The van der Waals surface area contributed by atoms with Crippen molar-refractivity contribution in [2.45, 2.75) is 19.9 Å². The van der Waals surface area contributed by atoms with Gasteiger partial charge in [-0.05, 0) is 26.0 Å². The van der Waals surface area contributed by atoms with Crippen molar-refractivity contribution in [3.63, 3.8) is 0 Å². The van der Waals surface area contributed by atoms with Gasteiger partial charge in [-0.3, -0.25) is 0 Å². The molecule has 1 aromatic rings. The van der Waals surface area contributed by atoms with E-state index in [4.69, 9.17) is 9.47 Å². The van der Waals surface area contributed by atoms with Crippen molar-refractivity contribution in [1.29, 1.82) is 0 Å². The van der Waals surface area contributed by atoms with Gasteiger partial charge in [0, 0.05) is 24.8 Å². The van der Waals surface area contributed by atoms with E-state index in [2.05, 4.69) is 31.9 Å². The number of ether oxygens (including phenoxy) is 2. The third-order valence-corrected chi connectivity index (χ3v) is 2.71. The molecule has 0 bridgehead atoms. The molecule has 1 heterocycles. The zero-order valence-electron chi connectivity index (χ0n) is 9.49. The minimum Gasteiger partial charge on any atom is -0.486 e. The number of hydrogen-bond donors (Lipinski definition) is 0. The monoisotopic (exact) mass is 207 g/mol. The van der Waals surface area contributed by atoms with Crippen LogP contribution in [0.2, 0.25) is 0 Å². The fraction of sp³-hybridized carbons (Fsp3) is 0.500. The summed E-state index contributed by atoms with van der Waals surface area (Å²) in [6.45, 7) is 5.61. The van der Waals surface area contributed by atoms with E-state index >= 15 is 0 Å². The van der Waals surface area contributed by atoms with Crippen molar-refractivity contribution in [2.75, 3.05) is 25.2 Å². The Morgan fingerprint density at radius 1 is 1.13 bits per heavy atom. The van der Waals surface area contributed by atoms with Gasteiger partial charge in [0.1, 0.15) is 13.2 Å². The van der Waals surface area contributed by atoms with Gasteiger partial charge in [0.2, 0.25) is 0 Å². The van der Waals surface area contributed by atoms with Gasteiger partial charge in [0.25, 0.3) is 0 Å². The molecular formula is C12H17NO2. The van der Waals surface area contributed by atoms with Crippen molar-refractivity contribution in [2.24, 2.45) is 0 Å². The fourth-order valence-electron chi connectivity index (χ4n) is 1.55. The van der Waals surface area contributed by atoms with E-state index in [0.717, 1.165) is 17.2 Å². The molecule has 0 N–H and O–H groups in total. The van der Waals surface area contributed by atoms with E-state index in [1.807, 2.05) is 12.1 Å². The highest BCUT2D eigenvalue weighted by Gasteiger charge is 2.13. The molecule has 2 rings (SSSR count). The first-order valence-electron chi connectivity index (χ1n) is 5.31. The maximum atomic E-state index is 5.54. The second kappa shape index (κ2) is 4.01. The summed E-state index contributed by atoms with van der Waals surface area (Å²) >= 11 is 0. The predicted octanol–water partition coefficient (Wildman–Crippen LogP) is 2.30. The van der Waals surface area contributed by atoms with Crippen LogP contribution in [0.1, 0.15) is 13.8 Å². The van der Waals surface area contributed by atoms with E-state index in [9.17, 15) is 0 Å². The van der Waals surface area contributed by atoms with Crippen molar-refractivity contribution < 1.29 is 9.47 Å². The molecule has 0 saturated heterocycles. The van der Waals surface area contributed by atoms with Crippen LogP contribution < -0.4 is 14.4 Å². The highest BCUT2D eigenvalue weighted by atomic mass is 16.6. The van der Waals surface area contributed by atoms with Gasteiger partial charge >= 0.3 is 0 Å². The largest absolute Gasteiger partial charge is 0.486 e. The van der Waals surface area contributed by atoms with Crippen LogP contribution in [-0.2, 0) is 0 Å². The highest BCUT2D eigenvalue weighted by molar-refractivity contribution is 5.56. The Labute approximate surface area is 90.6 Å². The van der Waals surface area contributed by atoms with Crippen LogP contribution in [0.25, 0.3) is 0 Å². The van der Waals surface area contributed by atoms with Gasteiger partial charge in [-0.15, -0.1) is 0 Å². The van der Waals surface area contributed by atoms with Crippen LogP contribution in [0.3, 0.4) is 0 Å². The summed E-state index contributed by atoms with van der Waals surface area (Å²) in [6.07, 6.45) is 0. The SMILES string of the molecule is CC(C)N(C)c1ccc2c(c1)OCCO2. The minimum atomic E-state index is 0.479. The lowest BCUT2D eigenvalue weighted by atomic mass is 10.2. The number of anilines is 1. The van der Waals surface area contributed by atoms with E-state index in [0.29, 0.717) is 19.3 Å². The molecular weight excluding hydrogens is 190 g/mol. The number of benzene rings is 1. The molecule has 3 nitrogen and oxygen atoms in total. The molecule has 0 atom stereocenters. The molecule has 15 heavy (non-hydrogen) atoms. The summed E-state index contributed by atoms with van der Waals surface area (Å²) in [5.74, 6) is 1.70. The molecule has 82 valence electrons. The second-order valence-electron chi connectivity index (χ2n) is 4.03. The van der Waals surface area contributed by atoms with Crippen molar-refractivity contribution in [1.82, 2.24) is 0 Å². The Balaban J connectivity index is 2.27. The van der Waals surface area contributed by atoms with E-state index < -0.39 is 0 Å². The number of rotatable bonds is 2. The van der Waals surface area contributed by atoms with Crippen LogP contribution in [-0.4, -0.2) is 26.3 Å². The lowest BCUT2D eigenvalue weighted by molar-refractivity contribution is 0.171. The van der Waals surface area contributed by atoms with Crippen LogP contribution in [0.4, 0.5) is 5.69 Å². The number of fused-ring (bicyclic) bond motifs is 1. The van der Waals surface area contributed by atoms with Crippen molar-refractivity contribution in [3.8, 4) is 11.5 Å². The van der Waals surface area contributed by atoms with Gasteiger partial charge in [0.05, 0.1) is 0 Å². The zero-order chi connectivity index (χ0) is 10.8. The van der Waals surface area contributed by atoms with E-state index in [1.165, 1.54) is 0 Å². The van der Waals surface area contributed by atoms with Crippen LogP contribution in [0.5, 0.6) is 11.5 Å². The fourth-order valence-corrected chi connectivity index (χ4v) is 1.55. The predicted molar refractivity (Wildman–Crippen MR) is 61.0 cm³/mol. The molecule has 1 aromatic carbocycles. The molecule has 1 aliphatic rings. The average molecular weight is 207 g/mol. The van der Waals surface area contributed by atoms with E-state index in [-0.39, 0.29) is 0 Å². The maximum absolute atomic E-state index is 5.54. The normalized spacial score (nSPS) is 14.1. The Morgan fingerprint density at radius 3 is 2.47 bits per heavy atom. The molecule has 3 heteroatoms. The summed E-state index contributed by atoms with van der Waals surface area (Å²) in [5, 5.41) is 0. The Morgan fingerprint density at radius 2 is 1.80 bits per heavy atom. The molecule has 0 amide bonds. The average Bonchev–Trinajstić information content (AvgIpc) is 2.27. The van der Waals surface area contributed by atoms with Crippen molar-refractivity contribution in [3.05, 3.63) is 18.2 Å². The van der Waals surface area contributed by atoms with Gasteiger partial charge in [-0.2, -0.15) is 0 Å². The zero-order valence-corrected chi connectivity index (χ0v) is 9.49. The second-order valence-corrected chi connectivity index (χ2v) is 4.03. The molecule has 0 spiro atoms. The molecule has 0 aromatic heterocycles. The highest BCUT2D eigenvalue weighted by Crippen LogP contribution is 2.33. The molecule has 0 radical (unpaired) electrons. The third-order valence-electron chi connectivity index (χ3n) is 2.71. The lowest BCUT2D eigenvalue weighted by Gasteiger charge is -2.26. The smallest absolute Gasteiger partial charge is 0.163 e. The molecule has 0 unspecified atom stereocenters. The topological polar surface area (TPSA) is 21.7 Å². The van der Waals surface area contributed by atoms with Crippen LogP contribution in [0, 0.1) is 0 Å². The first kappa shape index (κ1) is 10.1. The van der Waals surface area contributed by atoms with Gasteiger partial charge in [0.15, 0.2) is 11.5 Å². The molecule has 1 aliphatic heterocycles. The van der Waals surface area contributed by atoms with E-state index in [1.54, 1.807) is 0 Å². The lowest BCUT2D eigenvalue weighted by Crippen LogP contribution is -2.25. The minimum absolute atomic E-state index is 0.479. The van der Waals surface area contributed by atoms with Gasteiger partial charge in [-0.25, -0.2) is 0 Å². The summed E-state index contributed by atoms with van der Waals surface area (Å²) in [4.78, 5) is 2.21. The third kappa shape index (κ3) is 2.01. The first-order valence-corrected chi connectivity index (χ1v) is 5.31. The van der Waals surface area contributed by atoms with Crippen molar-refractivity contribution >= 4 is 5.69 Å². The Bertz CT molecular complexity index is 349. The Kier molecular flexibility index (Phi) is 2.71. The van der Waals surface area contributed by atoms with Gasteiger partial charge in [-0.1, -0.05) is 0 Å². The standard InChI is InChI=1S/C12H17NO2/c1-9(2)13(3)10-4-5-11-12(8-10)15-7-6-14-11/h4-5,8-9H,6-7H2,1-3H3. The molecule has 0 fully saturated rings. The molecule has 0 saturated carbocycles.